The average molecular weight is 286 g/mol. The largest absolute Gasteiger partial charge is 0.353 e. The minimum absolute atomic E-state index is 0.0273. The lowest BCUT2D eigenvalue weighted by Crippen LogP contribution is -2.35. The second kappa shape index (κ2) is 5.50. The Bertz CT molecular complexity index is 419. The van der Waals surface area contributed by atoms with Crippen LogP contribution in [0, 0.1) is 5.92 Å². The van der Waals surface area contributed by atoms with E-state index in [0.29, 0.717) is 6.42 Å². The van der Waals surface area contributed by atoms with Crippen LogP contribution in [0.3, 0.4) is 0 Å². The number of benzene rings is 1. The maximum absolute atomic E-state index is 11.8. The molecule has 18 heavy (non-hydrogen) atoms. The molecule has 4 heteroatoms. The van der Waals surface area contributed by atoms with Gasteiger partial charge in [-0.25, -0.2) is 0 Å². The first kappa shape index (κ1) is 13.7. The van der Waals surface area contributed by atoms with E-state index in [4.69, 9.17) is 23.2 Å². The molecule has 1 saturated carbocycles. The molecular weight excluding hydrogens is 269 g/mol. The maximum atomic E-state index is 11.8. The molecule has 2 nitrogen and oxygen atoms in total. The molecule has 1 aliphatic carbocycles. The highest BCUT2D eigenvalue weighted by Crippen LogP contribution is 2.53. The molecule has 1 N–H and O–H groups in total. The number of carbonyl (C=O) groups excluding carboxylic acids is 1. The molecular formula is C14H17Cl2NO. The summed E-state index contributed by atoms with van der Waals surface area (Å²) in [6.45, 7) is 2.01. The number of nitrogens with one attached hydrogen (secondary N) is 1. The average Bonchev–Trinajstić information content (AvgIpc) is 2.97. The molecule has 1 aliphatic rings. The van der Waals surface area contributed by atoms with E-state index in [-0.39, 0.29) is 17.9 Å². The van der Waals surface area contributed by atoms with Crippen molar-refractivity contribution in [3.8, 4) is 0 Å². The van der Waals surface area contributed by atoms with Gasteiger partial charge < -0.3 is 5.32 Å². The number of carbonyl (C=O) groups is 1. The molecule has 2 atom stereocenters. The van der Waals surface area contributed by atoms with Crippen molar-refractivity contribution in [2.24, 2.45) is 5.92 Å². The highest BCUT2D eigenvalue weighted by molar-refractivity contribution is 6.52. The molecule has 0 radical (unpaired) electrons. The van der Waals surface area contributed by atoms with Gasteiger partial charge >= 0.3 is 0 Å². The van der Waals surface area contributed by atoms with Gasteiger partial charge in [-0.3, -0.25) is 4.79 Å². The first-order valence-electron chi connectivity index (χ1n) is 6.21. The standard InChI is InChI=1S/C14H17Cl2NO/c1-10(7-8-11-5-3-2-4-6-11)17-13(18)12-9-14(12,15)16/h2-6,10,12H,7-9H2,1H3,(H,17,18). The van der Waals surface area contributed by atoms with Gasteiger partial charge in [0.05, 0.1) is 5.92 Å². The Kier molecular flexibility index (Phi) is 4.18. The van der Waals surface area contributed by atoms with Gasteiger partial charge in [-0.15, -0.1) is 23.2 Å². The number of hydrogen-bond acceptors (Lipinski definition) is 1. The zero-order valence-electron chi connectivity index (χ0n) is 10.3. The summed E-state index contributed by atoms with van der Waals surface area (Å²) < 4.78 is -0.830. The van der Waals surface area contributed by atoms with Crippen LogP contribution in [0.5, 0.6) is 0 Å². The summed E-state index contributed by atoms with van der Waals surface area (Å²) in [7, 11) is 0. The van der Waals surface area contributed by atoms with E-state index in [0.717, 1.165) is 12.8 Å². The molecule has 98 valence electrons. The van der Waals surface area contributed by atoms with Gasteiger partial charge in [0.2, 0.25) is 5.91 Å². The topological polar surface area (TPSA) is 29.1 Å². The fourth-order valence-corrected chi connectivity index (χ4v) is 2.45. The molecule has 2 unspecified atom stereocenters. The second-order valence-electron chi connectivity index (χ2n) is 4.95. The number of aryl methyl sites for hydroxylation is 1. The van der Waals surface area contributed by atoms with Crippen LogP contribution >= 0.6 is 23.2 Å². The van der Waals surface area contributed by atoms with Gasteiger partial charge in [-0.05, 0) is 31.7 Å². The van der Waals surface area contributed by atoms with Crippen molar-refractivity contribution in [2.75, 3.05) is 0 Å². The zero-order chi connectivity index (χ0) is 13.2. The normalized spacial score (nSPS) is 22.3. The summed E-state index contributed by atoms with van der Waals surface area (Å²) in [5, 5.41) is 2.96. The van der Waals surface area contributed by atoms with Crippen molar-refractivity contribution in [2.45, 2.75) is 36.6 Å². The summed E-state index contributed by atoms with van der Waals surface area (Å²) in [5.74, 6) is -0.263. The number of rotatable bonds is 5. The third-order valence-corrected chi connectivity index (χ3v) is 4.08. The third-order valence-electron chi connectivity index (χ3n) is 3.24. The summed E-state index contributed by atoms with van der Waals surface area (Å²) in [6, 6.07) is 10.4. The molecule has 0 heterocycles. The van der Waals surface area contributed by atoms with Crippen LogP contribution < -0.4 is 5.32 Å². The van der Waals surface area contributed by atoms with E-state index in [9.17, 15) is 4.79 Å². The highest BCUT2D eigenvalue weighted by atomic mass is 35.5. The fraction of sp³-hybridized carbons (Fsp3) is 0.500. The Morgan fingerprint density at radius 1 is 1.44 bits per heavy atom. The molecule has 1 aromatic carbocycles. The number of amides is 1. The smallest absolute Gasteiger partial charge is 0.226 e. The first-order chi connectivity index (χ1) is 8.49. The first-order valence-corrected chi connectivity index (χ1v) is 6.97. The number of halogens is 2. The Labute approximate surface area is 118 Å². The van der Waals surface area contributed by atoms with Gasteiger partial charge in [0.1, 0.15) is 4.33 Å². The van der Waals surface area contributed by atoms with E-state index < -0.39 is 4.33 Å². The van der Waals surface area contributed by atoms with Crippen LogP contribution in [-0.4, -0.2) is 16.3 Å². The molecule has 0 saturated heterocycles. The number of alkyl halides is 2. The molecule has 1 aromatic rings. The Hall–Kier alpha value is -0.730. The van der Waals surface area contributed by atoms with Crippen molar-refractivity contribution >= 4 is 29.1 Å². The van der Waals surface area contributed by atoms with Crippen molar-refractivity contribution in [1.29, 1.82) is 0 Å². The predicted octanol–water partition coefficient (Wildman–Crippen LogP) is 3.32. The predicted molar refractivity (Wildman–Crippen MR) is 74.9 cm³/mol. The Balaban J connectivity index is 1.73. The van der Waals surface area contributed by atoms with Crippen LogP contribution in [0.2, 0.25) is 0 Å². The molecule has 2 rings (SSSR count). The number of hydrogen-bond donors (Lipinski definition) is 1. The van der Waals surface area contributed by atoms with Crippen LogP contribution in [0.4, 0.5) is 0 Å². The van der Waals surface area contributed by atoms with Crippen molar-refractivity contribution < 1.29 is 4.79 Å². The summed E-state index contributed by atoms with van der Waals surface area (Å²) >= 11 is 11.7. The van der Waals surface area contributed by atoms with Crippen LogP contribution in [-0.2, 0) is 11.2 Å². The van der Waals surface area contributed by atoms with E-state index in [2.05, 4.69) is 17.4 Å². The summed E-state index contributed by atoms with van der Waals surface area (Å²) in [4.78, 5) is 11.8. The van der Waals surface area contributed by atoms with Crippen LogP contribution in [0.15, 0.2) is 30.3 Å². The lowest BCUT2D eigenvalue weighted by atomic mass is 10.1. The maximum Gasteiger partial charge on any atom is 0.226 e. The molecule has 1 fully saturated rings. The molecule has 0 spiro atoms. The SMILES string of the molecule is CC(CCc1ccccc1)NC(=O)C1CC1(Cl)Cl. The highest BCUT2D eigenvalue weighted by Gasteiger charge is 2.56. The van der Waals surface area contributed by atoms with Crippen LogP contribution in [0.1, 0.15) is 25.3 Å². The molecule has 0 aromatic heterocycles. The lowest BCUT2D eigenvalue weighted by Gasteiger charge is -2.14. The zero-order valence-corrected chi connectivity index (χ0v) is 11.8. The van der Waals surface area contributed by atoms with Gasteiger partial charge in [-0.2, -0.15) is 0 Å². The lowest BCUT2D eigenvalue weighted by molar-refractivity contribution is -0.122. The van der Waals surface area contributed by atoms with Gasteiger partial charge in [0, 0.05) is 6.04 Å². The molecule has 0 bridgehead atoms. The minimum atomic E-state index is -0.830. The van der Waals surface area contributed by atoms with Gasteiger partial charge in [0.15, 0.2) is 0 Å². The van der Waals surface area contributed by atoms with Crippen molar-refractivity contribution in [3.63, 3.8) is 0 Å². The third kappa shape index (κ3) is 3.63. The second-order valence-corrected chi connectivity index (χ2v) is 6.49. The van der Waals surface area contributed by atoms with Gasteiger partial charge in [0.25, 0.3) is 0 Å². The van der Waals surface area contributed by atoms with Crippen molar-refractivity contribution in [3.05, 3.63) is 35.9 Å². The molecule has 0 aliphatic heterocycles. The quantitative estimate of drug-likeness (QED) is 0.827. The summed E-state index contributed by atoms with van der Waals surface area (Å²) in [6.07, 6.45) is 2.44. The molecule has 1 amide bonds. The van der Waals surface area contributed by atoms with E-state index >= 15 is 0 Å². The Morgan fingerprint density at radius 3 is 2.61 bits per heavy atom. The fourth-order valence-electron chi connectivity index (χ4n) is 1.94. The minimum Gasteiger partial charge on any atom is -0.353 e. The van der Waals surface area contributed by atoms with Crippen molar-refractivity contribution in [1.82, 2.24) is 5.32 Å². The summed E-state index contributed by atoms with van der Waals surface area (Å²) in [5.41, 5.74) is 1.29. The van der Waals surface area contributed by atoms with E-state index in [1.807, 2.05) is 25.1 Å². The van der Waals surface area contributed by atoms with Crippen LogP contribution in [0.25, 0.3) is 0 Å². The van der Waals surface area contributed by atoms with E-state index in [1.165, 1.54) is 5.56 Å². The monoisotopic (exact) mass is 285 g/mol. The Morgan fingerprint density at radius 2 is 2.06 bits per heavy atom. The van der Waals surface area contributed by atoms with E-state index in [1.54, 1.807) is 0 Å². The van der Waals surface area contributed by atoms with Gasteiger partial charge in [-0.1, -0.05) is 30.3 Å².